The molecule has 1 aliphatic heterocycles. The first kappa shape index (κ1) is 19.6. The second kappa shape index (κ2) is 10.3. The van der Waals surface area contributed by atoms with Gasteiger partial charge >= 0.3 is 0 Å². The molecular formula is C19H27ClN2O3. The smallest absolute Gasteiger partial charge is 0.243 e. The molecule has 1 aromatic carbocycles. The van der Waals surface area contributed by atoms with Gasteiger partial charge in [-0.05, 0) is 62.7 Å². The van der Waals surface area contributed by atoms with Crippen molar-refractivity contribution in [2.75, 3.05) is 40.4 Å². The fraction of sp³-hybridized carbons (Fsp3) is 0.526. The standard InChI is InChI=1S/C19H27ClN2O3/c1-24-17-14-15(13-16(20)19(17)25-2)7-8-18(23)21-9-6-12-22-10-4-3-5-11-22/h7-8,13-14H,3-6,9-12H2,1-2H3,(H,21,23)/b8-7+. The van der Waals surface area contributed by atoms with E-state index in [4.69, 9.17) is 21.1 Å². The van der Waals surface area contributed by atoms with Crippen LogP contribution < -0.4 is 14.8 Å². The highest BCUT2D eigenvalue weighted by Crippen LogP contribution is 2.36. The fourth-order valence-electron chi connectivity index (χ4n) is 2.96. The third-order valence-corrected chi connectivity index (χ3v) is 4.56. The monoisotopic (exact) mass is 366 g/mol. The van der Waals surface area contributed by atoms with Crippen LogP contribution in [0.15, 0.2) is 18.2 Å². The Kier molecular flexibility index (Phi) is 8.09. The van der Waals surface area contributed by atoms with Crippen molar-refractivity contribution in [2.24, 2.45) is 0 Å². The van der Waals surface area contributed by atoms with Crippen LogP contribution in [0.1, 0.15) is 31.2 Å². The number of carbonyl (C=O) groups is 1. The third kappa shape index (κ3) is 6.25. The number of benzene rings is 1. The molecule has 1 fully saturated rings. The summed E-state index contributed by atoms with van der Waals surface area (Å²) >= 11 is 6.16. The summed E-state index contributed by atoms with van der Waals surface area (Å²) in [6.45, 7) is 4.11. The van der Waals surface area contributed by atoms with Crippen LogP contribution in [0.3, 0.4) is 0 Å². The lowest BCUT2D eigenvalue weighted by Gasteiger charge is -2.26. The number of methoxy groups -OCH3 is 2. The van der Waals surface area contributed by atoms with E-state index in [9.17, 15) is 4.79 Å². The van der Waals surface area contributed by atoms with Gasteiger partial charge in [-0.25, -0.2) is 0 Å². The highest BCUT2D eigenvalue weighted by atomic mass is 35.5. The first-order valence-corrected chi connectivity index (χ1v) is 9.11. The van der Waals surface area contributed by atoms with Crippen LogP contribution in [0.25, 0.3) is 6.08 Å². The highest BCUT2D eigenvalue weighted by Gasteiger charge is 2.10. The minimum atomic E-state index is -0.107. The molecule has 0 spiro atoms. The Labute approximate surface area is 154 Å². The van der Waals surface area contributed by atoms with Gasteiger partial charge in [-0.1, -0.05) is 18.0 Å². The molecule has 25 heavy (non-hydrogen) atoms. The predicted molar refractivity (Wildman–Crippen MR) is 102 cm³/mol. The molecule has 0 bridgehead atoms. The van der Waals surface area contributed by atoms with Crippen LogP contribution >= 0.6 is 11.6 Å². The van der Waals surface area contributed by atoms with Gasteiger partial charge in [0.25, 0.3) is 0 Å². The molecule has 1 saturated heterocycles. The van der Waals surface area contributed by atoms with Crippen molar-refractivity contribution in [1.82, 2.24) is 10.2 Å². The van der Waals surface area contributed by atoms with E-state index in [1.807, 2.05) is 0 Å². The minimum Gasteiger partial charge on any atom is -0.493 e. The summed E-state index contributed by atoms with van der Waals surface area (Å²) in [7, 11) is 3.09. The number of halogens is 1. The molecular weight excluding hydrogens is 340 g/mol. The number of rotatable bonds is 8. The average molecular weight is 367 g/mol. The van der Waals surface area contributed by atoms with Crippen LogP contribution in [0.4, 0.5) is 0 Å². The number of likely N-dealkylation sites (tertiary alicyclic amines) is 1. The summed E-state index contributed by atoms with van der Waals surface area (Å²) in [5, 5.41) is 3.36. The van der Waals surface area contributed by atoms with E-state index in [0.717, 1.165) is 18.5 Å². The van der Waals surface area contributed by atoms with Crippen molar-refractivity contribution in [3.8, 4) is 11.5 Å². The number of nitrogens with zero attached hydrogens (tertiary/aromatic N) is 1. The van der Waals surface area contributed by atoms with Crippen molar-refractivity contribution < 1.29 is 14.3 Å². The molecule has 5 nitrogen and oxygen atoms in total. The second-order valence-electron chi connectivity index (χ2n) is 6.12. The zero-order valence-electron chi connectivity index (χ0n) is 15.0. The number of carbonyl (C=O) groups excluding carboxylic acids is 1. The van der Waals surface area contributed by atoms with E-state index in [2.05, 4.69) is 10.2 Å². The lowest BCUT2D eigenvalue weighted by atomic mass is 10.1. The van der Waals surface area contributed by atoms with Gasteiger partial charge < -0.3 is 19.7 Å². The minimum absolute atomic E-state index is 0.107. The predicted octanol–water partition coefficient (Wildman–Crippen LogP) is 3.36. The van der Waals surface area contributed by atoms with Crippen LogP contribution in [0.2, 0.25) is 5.02 Å². The van der Waals surface area contributed by atoms with Gasteiger partial charge in [-0.15, -0.1) is 0 Å². The van der Waals surface area contributed by atoms with E-state index in [1.165, 1.54) is 45.5 Å². The molecule has 6 heteroatoms. The molecule has 0 aromatic heterocycles. The SMILES string of the molecule is COc1cc(/C=C/C(=O)NCCCN2CCCCC2)cc(Cl)c1OC. The molecule has 1 aromatic rings. The van der Waals surface area contributed by atoms with E-state index in [-0.39, 0.29) is 5.91 Å². The van der Waals surface area contributed by atoms with E-state index in [1.54, 1.807) is 25.3 Å². The maximum Gasteiger partial charge on any atom is 0.243 e. The Balaban J connectivity index is 1.78. The maximum atomic E-state index is 11.9. The van der Waals surface area contributed by atoms with E-state index < -0.39 is 0 Å². The number of hydrogen-bond donors (Lipinski definition) is 1. The van der Waals surface area contributed by atoms with Crippen LogP contribution in [-0.4, -0.2) is 51.2 Å². The number of nitrogens with one attached hydrogen (secondary N) is 1. The number of ether oxygens (including phenoxy) is 2. The van der Waals surface area contributed by atoms with Gasteiger partial charge in [0.05, 0.1) is 19.2 Å². The first-order chi connectivity index (χ1) is 12.1. The van der Waals surface area contributed by atoms with E-state index in [0.29, 0.717) is 23.1 Å². The maximum absolute atomic E-state index is 11.9. The van der Waals surface area contributed by atoms with Crippen molar-refractivity contribution in [1.29, 1.82) is 0 Å². The third-order valence-electron chi connectivity index (χ3n) is 4.28. The topological polar surface area (TPSA) is 50.8 Å². The van der Waals surface area contributed by atoms with E-state index >= 15 is 0 Å². The summed E-state index contributed by atoms with van der Waals surface area (Å²) in [6.07, 6.45) is 8.14. The van der Waals surface area contributed by atoms with Gasteiger partial charge in [0.15, 0.2) is 11.5 Å². The molecule has 2 rings (SSSR count). The zero-order chi connectivity index (χ0) is 18.1. The molecule has 1 heterocycles. The van der Waals surface area contributed by atoms with Crippen molar-refractivity contribution >= 4 is 23.6 Å². The number of hydrogen-bond acceptors (Lipinski definition) is 4. The molecule has 0 radical (unpaired) electrons. The molecule has 1 aliphatic rings. The average Bonchev–Trinajstić information content (AvgIpc) is 2.64. The van der Waals surface area contributed by atoms with Gasteiger partial charge in [-0.3, -0.25) is 4.79 Å². The van der Waals surface area contributed by atoms with Crippen LogP contribution in [0, 0.1) is 0 Å². The highest BCUT2D eigenvalue weighted by molar-refractivity contribution is 6.32. The van der Waals surface area contributed by atoms with Gasteiger partial charge in [-0.2, -0.15) is 0 Å². The quantitative estimate of drug-likeness (QED) is 0.566. The molecule has 138 valence electrons. The fourth-order valence-corrected chi connectivity index (χ4v) is 3.26. The zero-order valence-corrected chi connectivity index (χ0v) is 15.8. The summed E-state index contributed by atoms with van der Waals surface area (Å²) < 4.78 is 10.5. The Hall–Kier alpha value is -1.72. The largest absolute Gasteiger partial charge is 0.493 e. The number of piperidine rings is 1. The molecule has 0 unspecified atom stereocenters. The van der Waals surface area contributed by atoms with Gasteiger partial charge in [0, 0.05) is 12.6 Å². The Bertz CT molecular complexity index is 599. The Morgan fingerprint density at radius 1 is 1.24 bits per heavy atom. The van der Waals surface area contributed by atoms with Crippen molar-refractivity contribution in [3.05, 3.63) is 28.8 Å². The lowest BCUT2D eigenvalue weighted by Crippen LogP contribution is -2.33. The molecule has 0 saturated carbocycles. The molecule has 1 N–H and O–H groups in total. The number of amides is 1. The van der Waals surface area contributed by atoms with Gasteiger partial charge in [0.2, 0.25) is 5.91 Å². The normalized spacial score (nSPS) is 15.3. The summed E-state index contributed by atoms with van der Waals surface area (Å²) in [4.78, 5) is 14.4. The lowest BCUT2D eigenvalue weighted by molar-refractivity contribution is -0.116. The second-order valence-corrected chi connectivity index (χ2v) is 6.53. The Morgan fingerprint density at radius 3 is 2.68 bits per heavy atom. The summed E-state index contributed by atoms with van der Waals surface area (Å²) in [6, 6.07) is 3.52. The summed E-state index contributed by atoms with van der Waals surface area (Å²) in [5.41, 5.74) is 0.783. The van der Waals surface area contributed by atoms with Crippen LogP contribution in [-0.2, 0) is 4.79 Å². The van der Waals surface area contributed by atoms with Gasteiger partial charge in [0.1, 0.15) is 0 Å². The molecule has 0 atom stereocenters. The summed E-state index contributed by atoms with van der Waals surface area (Å²) in [5.74, 6) is 0.921. The molecule has 1 amide bonds. The van der Waals surface area contributed by atoms with Crippen LogP contribution in [0.5, 0.6) is 11.5 Å². The molecule has 0 aliphatic carbocycles. The first-order valence-electron chi connectivity index (χ1n) is 8.74. The Morgan fingerprint density at radius 2 is 2.00 bits per heavy atom. The van der Waals surface area contributed by atoms with Crippen molar-refractivity contribution in [2.45, 2.75) is 25.7 Å². The van der Waals surface area contributed by atoms with Crippen molar-refractivity contribution in [3.63, 3.8) is 0 Å².